The number of alkyl halides is 1. The van der Waals surface area contributed by atoms with Crippen LogP contribution in [0.1, 0.15) is 22.9 Å². The van der Waals surface area contributed by atoms with E-state index in [0.29, 0.717) is 12.0 Å². The van der Waals surface area contributed by atoms with Gasteiger partial charge in [0.2, 0.25) is 0 Å². The highest BCUT2D eigenvalue weighted by molar-refractivity contribution is 7.91. The molecule has 1 aliphatic heterocycles. The zero-order chi connectivity index (χ0) is 12.5. The summed E-state index contributed by atoms with van der Waals surface area (Å²) in [5, 5.41) is 8.39. The maximum atomic E-state index is 11.4. The third-order valence-corrected chi connectivity index (χ3v) is 5.44. The molecule has 90 valence electrons. The molecule has 5 heteroatoms. The standard InChI is InChI=1S/C12H12ClNO2S/c13-12(11-5-6-17(15,16)8-11)10-3-1-9(7-14)2-4-10/h1-4,11-12H,5-6,8H2. The highest BCUT2D eigenvalue weighted by Gasteiger charge is 2.33. The van der Waals surface area contributed by atoms with Crippen molar-refractivity contribution in [2.45, 2.75) is 11.8 Å². The Morgan fingerprint density at radius 2 is 2.00 bits per heavy atom. The summed E-state index contributed by atoms with van der Waals surface area (Å²) in [6.45, 7) is 0. The second-order valence-electron chi connectivity index (χ2n) is 4.30. The summed E-state index contributed by atoms with van der Waals surface area (Å²) in [5.41, 5.74) is 1.46. The first kappa shape index (κ1) is 12.4. The molecule has 2 rings (SSSR count). The number of nitriles is 1. The first-order chi connectivity index (χ1) is 8.02. The Kier molecular flexibility index (Phi) is 3.41. The van der Waals surface area contributed by atoms with E-state index in [1.54, 1.807) is 24.3 Å². The summed E-state index contributed by atoms with van der Waals surface area (Å²) in [4.78, 5) is 0. The monoisotopic (exact) mass is 269 g/mol. The summed E-state index contributed by atoms with van der Waals surface area (Å²) in [6.07, 6.45) is 0.622. The minimum absolute atomic E-state index is 0.0189. The van der Waals surface area contributed by atoms with Gasteiger partial charge in [0.25, 0.3) is 0 Å². The molecule has 1 heterocycles. The number of rotatable bonds is 2. The summed E-state index contributed by atoms with van der Waals surface area (Å²) in [7, 11) is -2.90. The maximum Gasteiger partial charge on any atom is 0.150 e. The molecule has 1 aliphatic rings. The van der Waals surface area contributed by atoms with Crippen LogP contribution in [0, 0.1) is 17.2 Å². The molecule has 2 atom stereocenters. The van der Waals surface area contributed by atoms with E-state index in [1.807, 2.05) is 6.07 Å². The van der Waals surface area contributed by atoms with E-state index in [2.05, 4.69) is 0 Å². The lowest BCUT2D eigenvalue weighted by Crippen LogP contribution is -2.10. The van der Waals surface area contributed by atoms with Gasteiger partial charge in [-0.25, -0.2) is 8.42 Å². The van der Waals surface area contributed by atoms with Crippen LogP contribution in [-0.2, 0) is 9.84 Å². The molecular weight excluding hydrogens is 258 g/mol. The van der Waals surface area contributed by atoms with Gasteiger partial charge < -0.3 is 0 Å². The Morgan fingerprint density at radius 3 is 2.47 bits per heavy atom. The lowest BCUT2D eigenvalue weighted by Gasteiger charge is -2.15. The van der Waals surface area contributed by atoms with E-state index < -0.39 is 9.84 Å². The highest BCUT2D eigenvalue weighted by atomic mass is 35.5. The van der Waals surface area contributed by atoms with E-state index in [4.69, 9.17) is 16.9 Å². The van der Waals surface area contributed by atoms with Crippen molar-refractivity contribution in [3.63, 3.8) is 0 Å². The Labute approximate surface area is 106 Å². The van der Waals surface area contributed by atoms with Crippen LogP contribution in [0.3, 0.4) is 0 Å². The van der Waals surface area contributed by atoms with Crippen molar-refractivity contribution in [2.24, 2.45) is 5.92 Å². The van der Waals surface area contributed by atoms with E-state index in [1.165, 1.54) is 0 Å². The normalized spacial score (nSPS) is 24.1. The van der Waals surface area contributed by atoms with E-state index in [-0.39, 0.29) is 22.8 Å². The van der Waals surface area contributed by atoms with Crippen LogP contribution < -0.4 is 0 Å². The SMILES string of the molecule is N#Cc1ccc(C(Cl)C2CCS(=O)(=O)C2)cc1. The van der Waals surface area contributed by atoms with Crippen molar-refractivity contribution in [1.82, 2.24) is 0 Å². The van der Waals surface area contributed by atoms with Crippen LogP contribution in [0.25, 0.3) is 0 Å². The molecular formula is C12H12ClNO2S. The minimum atomic E-state index is -2.90. The van der Waals surface area contributed by atoms with Crippen LogP contribution in [-0.4, -0.2) is 19.9 Å². The van der Waals surface area contributed by atoms with Crippen LogP contribution in [0.15, 0.2) is 24.3 Å². The largest absolute Gasteiger partial charge is 0.229 e. The Balaban J connectivity index is 2.15. The summed E-state index contributed by atoms with van der Waals surface area (Å²) in [5.74, 6) is 0.382. The molecule has 0 saturated carbocycles. The van der Waals surface area contributed by atoms with Gasteiger partial charge in [-0.1, -0.05) is 12.1 Å². The van der Waals surface area contributed by atoms with E-state index in [9.17, 15) is 8.42 Å². The fourth-order valence-corrected chi connectivity index (χ4v) is 4.37. The van der Waals surface area contributed by atoms with Gasteiger partial charge in [0.1, 0.15) is 0 Å². The van der Waals surface area contributed by atoms with Crippen LogP contribution in [0.4, 0.5) is 0 Å². The van der Waals surface area contributed by atoms with Crippen molar-refractivity contribution >= 4 is 21.4 Å². The molecule has 1 saturated heterocycles. The third kappa shape index (κ3) is 2.80. The van der Waals surface area contributed by atoms with E-state index >= 15 is 0 Å². The van der Waals surface area contributed by atoms with Crippen molar-refractivity contribution in [3.05, 3.63) is 35.4 Å². The first-order valence-electron chi connectivity index (χ1n) is 5.36. The second-order valence-corrected chi connectivity index (χ2v) is 7.00. The molecule has 17 heavy (non-hydrogen) atoms. The van der Waals surface area contributed by atoms with Crippen LogP contribution in [0.5, 0.6) is 0 Å². The summed E-state index contributed by atoms with van der Waals surface area (Å²) >= 11 is 6.29. The predicted octanol–water partition coefficient (Wildman–Crippen LogP) is 2.27. The third-order valence-electron chi connectivity index (χ3n) is 3.04. The molecule has 1 aromatic rings. The van der Waals surface area contributed by atoms with Gasteiger partial charge in [0.15, 0.2) is 9.84 Å². The molecule has 0 radical (unpaired) electrons. The molecule has 1 fully saturated rings. The molecule has 0 amide bonds. The van der Waals surface area contributed by atoms with Gasteiger partial charge in [-0.3, -0.25) is 0 Å². The molecule has 0 bridgehead atoms. The number of sulfone groups is 1. The Bertz CT molecular complexity index is 545. The lowest BCUT2D eigenvalue weighted by atomic mass is 9.97. The van der Waals surface area contributed by atoms with Gasteiger partial charge in [-0.2, -0.15) is 5.26 Å². The average Bonchev–Trinajstić information content (AvgIpc) is 2.69. The minimum Gasteiger partial charge on any atom is -0.229 e. The Morgan fingerprint density at radius 1 is 1.35 bits per heavy atom. The molecule has 2 unspecified atom stereocenters. The zero-order valence-electron chi connectivity index (χ0n) is 9.14. The second kappa shape index (κ2) is 4.67. The fraction of sp³-hybridized carbons (Fsp3) is 0.417. The van der Waals surface area contributed by atoms with Gasteiger partial charge >= 0.3 is 0 Å². The van der Waals surface area contributed by atoms with Gasteiger partial charge in [-0.15, -0.1) is 11.6 Å². The van der Waals surface area contributed by atoms with Crippen LogP contribution in [0.2, 0.25) is 0 Å². The smallest absolute Gasteiger partial charge is 0.150 e. The first-order valence-corrected chi connectivity index (χ1v) is 7.62. The van der Waals surface area contributed by atoms with Gasteiger partial charge in [0, 0.05) is 0 Å². The quantitative estimate of drug-likeness (QED) is 0.774. The van der Waals surface area contributed by atoms with Gasteiger partial charge in [-0.05, 0) is 30.0 Å². The number of hydrogen-bond donors (Lipinski definition) is 0. The molecule has 0 aromatic heterocycles. The molecule has 0 spiro atoms. The number of hydrogen-bond acceptors (Lipinski definition) is 3. The fourth-order valence-electron chi connectivity index (χ4n) is 2.07. The van der Waals surface area contributed by atoms with Gasteiger partial charge in [0.05, 0.1) is 28.5 Å². The Hall–Kier alpha value is -1.05. The molecule has 0 aliphatic carbocycles. The molecule has 3 nitrogen and oxygen atoms in total. The number of halogens is 1. The lowest BCUT2D eigenvalue weighted by molar-refractivity contribution is 0.569. The molecule has 0 N–H and O–H groups in total. The summed E-state index contributed by atoms with van der Waals surface area (Å²) in [6, 6.07) is 9.03. The average molecular weight is 270 g/mol. The molecule has 1 aromatic carbocycles. The topological polar surface area (TPSA) is 57.9 Å². The number of benzene rings is 1. The zero-order valence-corrected chi connectivity index (χ0v) is 10.7. The predicted molar refractivity (Wildman–Crippen MR) is 66.5 cm³/mol. The maximum absolute atomic E-state index is 11.4. The van der Waals surface area contributed by atoms with Crippen LogP contribution >= 0.6 is 11.6 Å². The van der Waals surface area contributed by atoms with Crippen molar-refractivity contribution in [3.8, 4) is 6.07 Å². The van der Waals surface area contributed by atoms with Crippen molar-refractivity contribution in [1.29, 1.82) is 5.26 Å². The highest BCUT2D eigenvalue weighted by Crippen LogP contribution is 2.36. The van der Waals surface area contributed by atoms with Crippen molar-refractivity contribution in [2.75, 3.05) is 11.5 Å². The van der Waals surface area contributed by atoms with E-state index in [0.717, 1.165) is 5.56 Å². The summed E-state index contributed by atoms with van der Waals surface area (Å²) < 4.78 is 22.8. The van der Waals surface area contributed by atoms with Crippen molar-refractivity contribution < 1.29 is 8.42 Å². The number of nitrogens with zero attached hydrogens (tertiary/aromatic N) is 1.